The minimum Gasteiger partial charge on any atom is -0.313 e. The number of nitrogens with one attached hydrogen (secondary N) is 1. The fourth-order valence-corrected chi connectivity index (χ4v) is 2.34. The summed E-state index contributed by atoms with van der Waals surface area (Å²) in [5.41, 5.74) is 3.45. The molecule has 0 fully saturated rings. The standard InChI is InChI=1S/C16H21ClN2/c1-3-14(17)8-9-18-11-13-10-12(2)19-16-7-5-4-6-15(13)16/h4-7,10,14,18H,3,8-9,11H2,1-2H3. The molecular weight excluding hydrogens is 256 g/mol. The van der Waals surface area contributed by atoms with Crippen LogP contribution in [0.3, 0.4) is 0 Å². The first kappa shape index (κ1) is 14.3. The minimum atomic E-state index is 0.281. The summed E-state index contributed by atoms with van der Waals surface area (Å²) in [6, 6.07) is 10.5. The molecule has 0 saturated carbocycles. The molecule has 102 valence electrons. The molecular formula is C16H21ClN2. The van der Waals surface area contributed by atoms with Gasteiger partial charge in [0.1, 0.15) is 0 Å². The van der Waals surface area contributed by atoms with Crippen LogP contribution in [-0.2, 0) is 6.54 Å². The predicted octanol–water partition coefficient (Wildman–Crippen LogP) is 4.04. The second-order valence-electron chi connectivity index (χ2n) is 4.91. The van der Waals surface area contributed by atoms with E-state index in [1.807, 2.05) is 13.0 Å². The number of aromatic nitrogens is 1. The summed E-state index contributed by atoms with van der Waals surface area (Å²) in [7, 11) is 0. The molecule has 1 heterocycles. The highest BCUT2D eigenvalue weighted by Gasteiger charge is 2.04. The Bertz CT molecular complexity index is 539. The van der Waals surface area contributed by atoms with Crippen molar-refractivity contribution in [3.8, 4) is 0 Å². The van der Waals surface area contributed by atoms with Gasteiger partial charge in [0.25, 0.3) is 0 Å². The van der Waals surface area contributed by atoms with Gasteiger partial charge in [-0.3, -0.25) is 4.98 Å². The van der Waals surface area contributed by atoms with Gasteiger partial charge in [-0.05, 0) is 44.0 Å². The largest absolute Gasteiger partial charge is 0.313 e. The van der Waals surface area contributed by atoms with Gasteiger partial charge in [-0.25, -0.2) is 0 Å². The molecule has 0 amide bonds. The summed E-state index contributed by atoms with van der Waals surface area (Å²) < 4.78 is 0. The first-order valence-electron chi connectivity index (χ1n) is 6.90. The average Bonchev–Trinajstić information content (AvgIpc) is 2.42. The molecule has 0 bridgehead atoms. The Balaban J connectivity index is 2.04. The van der Waals surface area contributed by atoms with Crippen LogP contribution in [0.15, 0.2) is 30.3 Å². The fourth-order valence-electron chi connectivity index (χ4n) is 2.23. The molecule has 0 radical (unpaired) electrons. The Hall–Kier alpha value is -1.12. The molecule has 2 rings (SSSR count). The second kappa shape index (κ2) is 6.88. The number of hydrogen-bond donors (Lipinski definition) is 1. The Labute approximate surface area is 120 Å². The van der Waals surface area contributed by atoms with Gasteiger partial charge in [-0.15, -0.1) is 11.6 Å². The third-order valence-corrected chi connectivity index (χ3v) is 3.85. The molecule has 0 spiro atoms. The summed E-state index contributed by atoms with van der Waals surface area (Å²) in [5, 5.41) is 4.99. The fraction of sp³-hybridized carbons (Fsp3) is 0.438. The molecule has 1 aromatic heterocycles. The Morgan fingerprint density at radius 2 is 2.11 bits per heavy atom. The van der Waals surface area contributed by atoms with Crippen molar-refractivity contribution >= 4 is 22.5 Å². The van der Waals surface area contributed by atoms with E-state index in [4.69, 9.17) is 11.6 Å². The molecule has 0 aliphatic heterocycles. The lowest BCUT2D eigenvalue weighted by Gasteiger charge is -2.10. The number of para-hydroxylation sites is 1. The minimum absolute atomic E-state index is 0.281. The molecule has 2 nitrogen and oxygen atoms in total. The number of alkyl halides is 1. The van der Waals surface area contributed by atoms with Crippen LogP contribution in [0, 0.1) is 6.92 Å². The van der Waals surface area contributed by atoms with E-state index in [2.05, 4.69) is 41.5 Å². The molecule has 0 saturated heterocycles. The number of rotatable bonds is 6. The third kappa shape index (κ3) is 3.92. The second-order valence-corrected chi connectivity index (χ2v) is 5.53. The summed E-state index contributed by atoms with van der Waals surface area (Å²) >= 11 is 6.12. The van der Waals surface area contributed by atoms with Crippen LogP contribution in [0.2, 0.25) is 0 Å². The zero-order valence-corrected chi connectivity index (χ0v) is 12.4. The first-order chi connectivity index (χ1) is 9.20. The predicted molar refractivity (Wildman–Crippen MR) is 82.7 cm³/mol. The highest BCUT2D eigenvalue weighted by Crippen LogP contribution is 2.18. The SMILES string of the molecule is CCC(Cl)CCNCc1cc(C)nc2ccccc12. The van der Waals surface area contributed by atoms with Gasteiger partial charge in [0, 0.05) is 23.0 Å². The Morgan fingerprint density at radius 3 is 2.89 bits per heavy atom. The molecule has 3 heteroatoms. The quantitative estimate of drug-likeness (QED) is 0.636. The van der Waals surface area contributed by atoms with E-state index < -0.39 is 0 Å². The van der Waals surface area contributed by atoms with Crippen molar-refractivity contribution in [1.82, 2.24) is 10.3 Å². The monoisotopic (exact) mass is 276 g/mol. The first-order valence-corrected chi connectivity index (χ1v) is 7.34. The molecule has 1 atom stereocenters. The zero-order valence-electron chi connectivity index (χ0n) is 11.6. The van der Waals surface area contributed by atoms with Crippen LogP contribution in [0.1, 0.15) is 31.0 Å². The van der Waals surface area contributed by atoms with Gasteiger partial charge in [0.05, 0.1) is 5.52 Å². The van der Waals surface area contributed by atoms with E-state index in [1.165, 1.54) is 10.9 Å². The van der Waals surface area contributed by atoms with Crippen molar-refractivity contribution in [2.45, 2.75) is 38.6 Å². The maximum Gasteiger partial charge on any atom is 0.0708 e. The summed E-state index contributed by atoms with van der Waals surface area (Å²) in [6.45, 7) is 5.99. The van der Waals surface area contributed by atoms with Crippen molar-refractivity contribution in [2.75, 3.05) is 6.54 Å². The lowest BCUT2D eigenvalue weighted by atomic mass is 10.1. The average molecular weight is 277 g/mol. The van der Waals surface area contributed by atoms with E-state index in [-0.39, 0.29) is 5.38 Å². The number of pyridine rings is 1. The highest BCUT2D eigenvalue weighted by molar-refractivity contribution is 6.20. The van der Waals surface area contributed by atoms with Crippen LogP contribution in [-0.4, -0.2) is 16.9 Å². The van der Waals surface area contributed by atoms with Crippen molar-refractivity contribution in [3.63, 3.8) is 0 Å². The lowest BCUT2D eigenvalue weighted by Crippen LogP contribution is -2.18. The Kier molecular flexibility index (Phi) is 5.17. The van der Waals surface area contributed by atoms with Crippen molar-refractivity contribution in [1.29, 1.82) is 0 Å². The molecule has 1 unspecified atom stereocenters. The van der Waals surface area contributed by atoms with Crippen LogP contribution in [0.5, 0.6) is 0 Å². The van der Waals surface area contributed by atoms with E-state index in [0.717, 1.165) is 37.1 Å². The Morgan fingerprint density at radius 1 is 1.32 bits per heavy atom. The number of benzene rings is 1. The summed E-state index contributed by atoms with van der Waals surface area (Å²) in [6.07, 6.45) is 2.04. The molecule has 1 N–H and O–H groups in total. The zero-order chi connectivity index (χ0) is 13.7. The van der Waals surface area contributed by atoms with Crippen LogP contribution in [0.25, 0.3) is 10.9 Å². The van der Waals surface area contributed by atoms with Gasteiger partial charge in [-0.2, -0.15) is 0 Å². The molecule has 1 aromatic carbocycles. The summed E-state index contributed by atoms with van der Waals surface area (Å²) in [5.74, 6) is 0. The highest BCUT2D eigenvalue weighted by atomic mass is 35.5. The van der Waals surface area contributed by atoms with Gasteiger partial charge < -0.3 is 5.32 Å². The topological polar surface area (TPSA) is 24.9 Å². The normalized spacial score (nSPS) is 12.8. The van der Waals surface area contributed by atoms with Crippen LogP contribution < -0.4 is 5.32 Å². The van der Waals surface area contributed by atoms with Gasteiger partial charge >= 0.3 is 0 Å². The summed E-state index contributed by atoms with van der Waals surface area (Å²) in [4.78, 5) is 4.56. The van der Waals surface area contributed by atoms with Crippen LogP contribution in [0.4, 0.5) is 0 Å². The van der Waals surface area contributed by atoms with E-state index in [0.29, 0.717) is 0 Å². The number of hydrogen-bond acceptors (Lipinski definition) is 2. The smallest absolute Gasteiger partial charge is 0.0708 e. The van der Waals surface area contributed by atoms with Gasteiger partial charge in [-0.1, -0.05) is 25.1 Å². The number of nitrogens with zero attached hydrogens (tertiary/aromatic N) is 1. The lowest BCUT2D eigenvalue weighted by molar-refractivity contribution is 0.623. The number of aryl methyl sites for hydroxylation is 1. The van der Waals surface area contributed by atoms with E-state index >= 15 is 0 Å². The molecule has 19 heavy (non-hydrogen) atoms. The van der Waals surface area contributed by atoms with Crippen LogP contribution >= 0.6 is 11.6 Å². The van der Waals surface area contributed by atoms with Crippen molar-refractivity contribution in [2.24, 2.45) is 0 Å². The number of halogens is 1. The molecule has 0 aliphatic rings. The van der Waals surface area contributed by atoms with E-state index in [9.17, 15) is 0 Å². The van der Waals surface area contributed by atoms with Crippen molar-refractivity contribution < 1.29 is 0 Å². The van der Waals surface area contributed by atoms with Gasteiger partial charge in [0.15, 0.2) is 0 Å². The molecule has 2 aromatic rings. The maximum atomic E-state index is 6.12. The number of fused-ring (bicyclic) bond motifs is 1. The van der Waals surface area contributed by atoms with Crippen molar-refractivity contribution in [3.05, 3.63) is 41.6 Å². The van der Waals surface area contributed by atoms with Gasteiger partial charge in [0.2, 0.25) is 0 Å². The molecule has 0 aliphatic carbocycles. The van der Waals surface area contributed by atoms with E-state index in [1.54, 1.807) is 0 Å². The maximum absolute atomic E-state index is 6.12. The third-order valence-electron chi connectivity index (χ3n) is 3.32.